The average Bonchev–Trinajstić information content (AvgIpc) is 2.54. The molecule has 0 unspecified atom stereocenters. The molecule has 0 aromatic heterocycles. The summed E-state index contributed by atoms with van der Waals surface area (Å²) in [5.74, 6) is 1.39. The van der Waals surface area contributed by atoms with E-state index in [1.807, 2.05) is 49.4 Å². The molecule has 0 radical (unpaired) electrons. The van der Waals surface area contributed by atoms with E-state index in [1.54, 1.807) is 14.2 Å². The molecule has 2 rings (SSSR count). The van der Waals surface area contributed by atoms with Crippen molar-refractivity contribution in [3.8, 4) is 11.5 Å². The number of carbonyl (C=O) groups is 1. The smallest absolute Gasteiger partial charge is 0.319 e. The van der Waals surface area contributed by atoms with Crippen molar-refractivity contribution < 1.29 is 14.3 Å². The maximum absolute atomic E-state index is 11.9. The molecule has 0 aliphatic carbocycles. The zero-order chi connectivity index (χ0) is 16.7. The fourth-order valence-corrected chi connectivity index (χ4v) is 2.36. The molecule has 122 valence electrons. The summed E-state index contributed by atoms with van der Waals surface area (Å²) in [5, 5.41) is 5.66. The van der Waals surface area contributed by atoms with Crippen LogP contribution in [0.15, 0.2) is 42.5 Å². The van der Waals surface area contributed by atoms with Crippen molar-refractivity contribution >= 4 is 11.7 Å². The molecule has 0 aliphatic heterocycles. The molecule has 0 bridgehead atoms. The summed E-state index contributed by atoms with van der Waals surface area (Å²) in [5.41, 5.74) is 2.87. The number of carbonyl (C=O) groups excluding carboxylic acids is 1. The quantitative estimate of drug-likeness (QED) is 0.859. The van der Waals surface area contributed by atoms with Gasteiger partial charge in [0.05, 0.1) is 14.2 Å². The number of hydrogen-bond acceptors (Lipinski definition) is 3. The Morgan fingerprint density at radius 3 is 2.57 bits per heavy atom. The molecule has 23 heavy (non-hydrogen) atoms. The van der Waals surface area contributed by atoms with Crippen LogP contribution in [0.25, 0.3) is 0 Å². The number of ether oxygens (including phenoxy) is 2. The summed E-state index contributed by atoms with van der Waals surface area (Å²) in [7, 11) is 3.22. The van der Waals surface area contributed by atoms with Crippen molar-refractivity contribution in [3.05, 3.63) is 53.6 Å². The van der Waals surface area contributed by atoms with Crippen LogP contribution < -0.4 is 20.1 Å². The first-order valence-corrected chi connectivity index (χ1v) is 7.45. The van der Waals surface area contributed by atoms with Crippen LogP contribution in [-0.4, -0.2) is 26.8 Å². The molecule has 2 aromatic rings. The first-order valence-electron chi connectivity index (χ1n) is 7.45. The minimum absolute atomic E-state index is 0.225. The second-order valence-corrected chi connectivity index (χ2v) is 5.15. The maximum Gasteiger partial charge on any atom is 0.319 e. The zero-order valence-corrected chi connectivity index (χ0v) is 13.7. The molecular formula is C18H22N2O3. The van der Waals surface area contributed by atoms with Gasteiger partial charge in [-0.25, -0.2) is 4.79 Å². The van der Waals surface area contributed by atoms with Gasteiger partial charge in [-0.1, -0.05) is 24.3 Å². The van der Waals surface area contributed by atoms with Crippen LogP contribution in [0.2, 0.25) is 0 Å². The van der Waals surface area contributed by atoms with Crippen LogP contribution in [0.5, 0.6) is 11.5 Å². The number of rotatable bonds is 6. The predicted molar refractivity (Wildman–Crippen MR) is 91.5 cm³/mol. The fourth-order valence-electron chi connectivity index (χ4n) is 2.36. The number of para-hydroxylation sites is 1. The van der Waals surface area contributed by atoms with Crippen LogP contribution in [-0.2, 0) is 6.42 Å². The van der Waals surface area contributed by atoms with Gasteiger partial charge in [0.1, 0.15) is 0 Å². The number of aryl methyl sites for hydroxylation is 1. The van der Waals surface area contributed by atoms with Crippen molar-refractivity contribution in [2.75, 3.05) is 26.1 Å². The molecule has 5 heteroatoms. The number of urea groups is 1. The molecule has 0 saturated heterocycles. The Labute approximate surface area is 136 Å². The van der Waals surface area contributed by atoms with E-state index in [0.29, 0.717) is 24.5 Å². The zero-order valence-electron chi connectivity index (χ0n) is 13.7. The Kier molecular flexibility index (Phi) is 5.86. The number of benzene rings is 2. The summed E-state index contributed by atoms with van der Waals surface area (Å²) < 4.78 is 10.7. The van der Waals surface area contributed by atoms with Gasteiger partial charge >= 0.3 is 6.03 Å². The Morgan fingerprint density at radius 2 is 1.87 bits per heavy atom. The summed E-state index contributed by atoms with van der Waals surface area (Å²) in [6.07, 6.45) is 0.654. The fraction of sp³-hybridized carbons (Fsp3) is 0.278. The third kappa shape index (κ3) is 4.64. The van der Waals surface area contributed by atoms with Crippen LogP contribution in [0.1, 0.15) is 11.1 Å². The highest BCUT2D eigenvalue weighted by Gasteiger charge is 2.09. The molecule has 0 atom stereocenters. The molecule has 2 amide bonds. The molecule has 0 heterocycles. The van der Waals surface area contributed by atoms with E-state index in [4.69, 9.17) is 9.47 Å². The van der Waals surface area contributed by atoms with Gasteiger partial charge in [0.15, 0.2) is 11.5 Å². The van der Waals surface area contributed by atoms with E-state index in [9.17, 15) is 4.79 Å². The highest BCUT2D eigenvalue weighted by molar-refractivity contribution is 5.89. The van der Waals surface area contributed by atoms with Crippen molar-refractivity contribution in [2.24, 2.45) is 0 Å². The van der Waals surface area contributed by atoms with Gasteiger partial charge in [-0.05, 0) is 42.7 Å². The van der Waals surface area contributed by atoms with Crippen molar-refractivity contribution in [3.63, 3.8) is 0 Å². The number of methoxy groups -OCH3 is 2. The first kappa shape index (κ1) is 16.7. The van der Waals surface area contributed by atoms with Crippen molar-refractivity contribution in [1.29, 1.82) is 0 Å². The van der Waals surface area contributed by atoms with Gasteiger partial charge in [0.25, 0.3) is 0 Å². The minimum Gasteiger partial charge on any atom is -0.493 e. The molecule has 2 aromatic carbocycles. The Hall–Kier alpha value is -2.69. The third-order valence-electron chi connectivity index (χ3n) is 3.44. The van der Waals surface area contributed by atoms with Gasteiger partial charge in [0.2, 0.25) is 0 Å². The Morgan fingerprint density at radius 1 is 1.09 bits per heavy atom. The van der Waals surface area contributed by atoms with Gasteiger partial charge in [-0.3, -0.25) is 0 Å². The third-order valence-corrected chi connectivity index (χ3v) is 3.44. The van der Waals surface area contributed by atoms with Crippen LogP contribution >= 0.6 is 0 Å². The molecule has 0 saturated carbocycles. The Balaban J connectivity index is 1.88. The standard InChI is InChI=1S/C18H22N2O3/c1-13-6-4-8-15(12-13)20-18(21)19-11-10-14-7-5-9-16(22-2)17(14)23-3/h4-9,12H,10-11H2,1-3H3,(H2,19,20,21). The lowest BCUT2D eigenvalue weighted by molar-refractivity contribution is 0.252. The van der Waals surface area contributed by atoms with E-state index in [-0.39, 0.29) is 6.03 Å². The summed E-state index contributed by atoms with van der Waals surface area (Å²) in [6, 6.07) is 13.2. The summed E-state index contributed by atoms with van der Waals surface area (Å²) in [4.78, 5) is 11.9. The van der Waals surface area contributed by atoms with Crippen LogP contribution in [0, 0.1) is 6.92 Å². The van der Waals surface area contributed by atoms with Crippen molar-refractivity contribution in [2.45, 2.75) is 13.3 Å². The molecule has 0 aliphatic rings. The molecule has 5 nitrogen and oxygen atoms in total. The van der Waals surface area contributed by atoms with Crippen LogP contribution in [0.4, 0.5) is 10.5 Å². The lowest BCUT2D eigenvalue weighted by Gasteiger charge is -2.13. The molecule has 2 N–H and O–H groups in total. The van der Waals surface area contributed by atoms with E-state index < -0.39 is 0 Å². The second kappa shape index (κ2) is 8.08. The second-order valence-electron chi connectivity index (χ2n) is 5.15. The predicted octanol–water partition coefficient (Wildman–Crippen LogP) is 3.38. The lowest BCUT2D eigenvalue weighted by Crippen LogP contribution is -2.30. The largest absolute Gasteiger partial charge is 0.493 e. The first-order chi connectivity index (χ1) is 11.1. The van der Waals surface area contributed by atoms with E-state index >= 15 is 0 Å². The molecule has 0 spiro atoms. The van der Waals surface area contributed by atoms with Crippen LogP contribution in [0.3, 0.4) is 0 Å². The summed E-state index contributed by atoms with van der Waals surface area (Å²) >= 11 is 0. The number of anilines is 1. The number of hydrogen-bond donors (Lipinski definition) is 2. The van der Waals surface area contributed by atoms with Gasteiger partial charge < -0.3 is 20.1 Å². The van der Waals surface area contributed by atoms with Gasteiger partial charge in [-0.2, -0.15) is 0 Å². The SMILES string of the molecule is COc1cccc(CCNC(=O)Nc2cccc(C)c2)c1OC. The highest BCUT2D eigenvalue weighted by atomic mass is 16.5. The number of nitrogens with one attached hydrogen (secondary N) is 2. The highest BCUT2D eigenvalue weighted by Crippen LogP contribution is 2.30. The van der Waals surface area contributed by atoms with Gasteiger partial charge in [0, 0.05) is 12.2 Å². The minimum atomic E-state index is -0.225. The van der Waals surface area contributed by atoms with E-state index in [2.05, 4.69) is 10.6 Å². The topological polar surface area (TPSA) is 59.6 Å². The van der Waals surface area contributed by atoms with Gasteiger partial charge in [-0.15, -0.1) is 0 Å². The summed E-state index contributed by atoms with van der Waals surface area (Å²) in [6.45, 7) is 2.49. The Bertz CT molecular complexity index is 671. The lowest BCUT2D eigenvalue weighted by atomic mass is 10.1. The molecule has 0 fully saturated rings. The van der Waals surface area contributed by atoms with E-state index in [1.165, 1.54) is 0 Å². The average molecular weight is 314 g/mol. The van der Waals surface area contributed by atoms with Crippen molar-refractivity contribution in [1.82, 2.24) is 5.32 Å². The number of amides is 2. The molecular weight excluding hydrogens is 292 g/mol. The van der Waals surface area contributed by atoms with E-state index in [0.717, 1.165) is 16.8 Å². The maximum atomic E-state index is 11.9. The normalized spacial score (nSPS) is 10.0. The monoisotopic (exact) mass is 314 g/mol.